The fourth-order valence-corrected chi connectivity index (χ4v) is 0.638. The third-order valence-electron chi connectivity index (χ3n) is 1.39. The number of hydrogen-bond donors (Lipinski definition) is 2. The van der Waals surface area contributed by atoms with Crippen LogP contribution in [-0.4, -0.2) is 22.4 Å². The maximum Gasteiger partial charge on any atom is 0.0538 e. The van der Waals surface area contributed by atoms with Gasteiger partial charge in [0.05, 0.1) is 12.2 Å². The summed E-state index contributed by atoms with van der Waals surface area (Å²) < 4.78 is 0. The van der Waals surface area contributed by atoms with E-state index in [4.69, 9.17) is 10.2 Å². The van der Waals surface area contributed by atoms with Gasteiger partial charge >= 0.3 is 0 Å². The van der Waals surface area contributed by atoms with Crippen molar-refractivity contribution >= 4 is 0 Å². The van der Waals surface area contributed by atoms with Crippen molar-refractivity contribution in [3.63, 3.8) is 0 Å². The van der Waals surface area contributed by atoms with E-state index in [1.54, 1.807) is 6.92 Å². The smallest absolute Gasteiger partial charge is 0.0538 e. The van der Waals surface area contributed by atoms with E-state index in [-0.39, 0.29) is 12.2 Å². The summed E-state index contributed by atoms with van der Waals surface area (Å²) in [4.78, 5) is 0. The first-order valence-electron chi connectivity index (χ1n) is 3.53. The standard InChI is InChI=1S/C7H16O2/c1-3-7(9)5-4-6(2)8/h6-9H,3-5H2,1-2H3. The molecule has 2 nitrogen and oxygen atoms in total. The van der Waals surface area contributed by atoms with Gasteiger partial charge in [0, 0.05) is 0 Å². The monoisotopic (exact) mass is 132 g/mol. The normalized spacial score (nSPS) is 17.3. The van der Waals surface area contributed by atoms with Crippen molar-refractivity contribution in [1.29, 1.82) is 0 Å². The van der Waals surface area contributed by atoms with Gasteiger partial charge in [-0.2, -0.15) is 0 Å². The van der Waals surface area contributed by atoms with Crippen molar-refractivity contribution < 1.29 is 10.2 Å². The van der Waals surface area contributed by atoms with Gasteiger partial charge < -0.3 is 10.2 Å². The Morgan fingerprint density at radius 2 is 1.78 bits per heavy atom. The highest BCUT2D eigenvalue weighted by Gasteiger charge is 2.01. The number of aliphatic hydroxyl groups is 2. The highest BCUT2D eigenvalue weighted by molar-refractivity contribution is 4.55. The molecular weight excluding hydrogens is 116 g/mol. The lowest BCUT2D eigenvalue weighted by molar-refractivity contribution is 0.120. The van der Waals surface area contributed by atoms with E-state index < -0.39 is 0 Å². The molecule has 2 unspecified atom stereocenters. The molecule has 0 saturated carbocycles. The van der Waals surface area contributed by atoms with Gasteiger partial charge in [-0.05, 0) is 26.2 Å². The molecule has 0 aromatic heterocycles. The molecule has 2 heteroatoms. The molecule has 0 heterocycles. The summed E-state index contributed by atoms with van der Waals surface area (Å²) >= 11 is 0. The second kappa shape index (κ2) is 4.77. The molecule has 0 radical (unpaired) electrons. The SMILES string of the molecule is CCC(O)CCC(C)O. The van der Waals surface area contributed by atoms with Gasteiger partial charge in [0.2, 0.25) is 0 Å². The van der Waals surface area contributed by atoms with Gasteiger partial charge in [0.25, 0.3) is 0 Å². The third kappa shape index (κ3) is 5.80. The van der Waals surface area contributed by atoms with Crippen molar-refractivity contribution in [3.8, 4) is 0 Å². The second-order valence-corrected chi connectivity index (χ2v) is 2.49. The van der Waals surface area contributed by atoms with Crippen LogP contribution >= 0.6 is 0 Å². The van der Waals surface area contributed by atoms with Crippen molar-refractivity contribution in [2.24, 2.45) is 0 Å². The van der Waals surface area contributed by atoms with Crippen LogP contribution in [0.15, 0.2) is 0 Å². The summed E-state index contributed by atoms with van der Waals surface area (Å²) in [6, 6.07) is 0. The summed E-state index contributed by atoms with van der Waals surface area (Å²) in [6.07, 6.45) is 1.71. The molecule has 0 spiro atoms. The second-order valence-electron chi connectivity index (χ2n) is 2.49. The highest BCUT2D eigenvalue weighted by atomic mass is 16.3. The lowest BCUT2D eigenvalue weighted by Gasteiger charge is -2.07. The summed E-state index contributed by atoms with van der Waals surface area (Å²) in [6.45, 7) is 3.68. The average molecular weight is 132 g/mol. The van der Waals surface area contributed by atoms with E-state index >= 15 is 0 Å². The lowest BCUT2D eigenvalue weighted by atomic mass is 10.1. The van der Waals surface area contributed by atoms with Gasteiger partial charge in [-0.3, -0.25) is 0 Å². The van der Waals surface area contributed by atoms with Crippen LogP contribution in [0.3, 0.4) is 0 Å². The van der Waals surface area contributed by atoms with E-state index in [1.807, 2.05) is 6.92 Å². The van der Waals surface area contributed by atoms with Gasteiger partial charge in [0.1, 0.15) is 0 Å². The number of aliphatic hydroxyl groups excluding tert-OH is 2. The molecule has 0 amide bonds. The first-order chi connectivity index (χ1) is 4.16. The Bertz CT molecular complexity index is 61.9. The molecule has 0 aromatic rings. The Kier molecular flexibility index (Phi) is 4.72. The van der Waals surface area contributed by atoms with E-state index in [0.717, 1.165) is 6.42 Å². The molecule has 0 fully saturated rings. The van der Waals surface area contributed by atoms with Gasteiger partial charge in [-0.25, -0.2) is 0 Å². The Balaban J connectivity index is 3.06. The minimum atomic E-state index is -0.272. The van der Waals surface area contributed by atoms with Crippen LogP contribution in [0.25, 0.3) is 0 Å². The molecule has 0 bridgehead atoms. The fraction of sp³-hybridized carbons (Fsp3) is 1.00. The first kappa shape index (κ1) is 8.92. The minimum absolute atomic E-state index is 0.223. The average Bonchev–Trinajstić information content (AvgIpc) is 1.83. The van der Waals surface area contributed by atoms with E-state index in [0.29, 0.717) is 12.8 Å². The molecule has 0 aliphatic rings. The molecule has 9 heavy (non-hydrogen) atoms. The maximum absolute atomic E-state index is 9.00. The van der Waals surface area contributed by atoms with Crippen molar-refractivity contribution in [2.45, 2.75) is 45.3 Å². The zero-order chi connectivity index (χ0) is 7.28. The third-order valence-corrected chi connectivity index (χ3v) is 1.39. The van der Waals surface area contributed by atoms with Crippen molar-refractivity contribution in [2.75, 3.05) is 0 Å². The van der Waals surface area contributed by atoms with Crippen molar-refractivity contribution in [3.05, 3.63) is 0 Å². The zero-order valence-electron chi connectivity index (χ0n) is 6.17. The Labute approximate surface area is 56.5 Å². The van der Waals surface area contributed by atoms with Crippen LogP contribution in [0.2, 0.25) is 0 Å². The summed E-state index contributed by atoms with van der Waals surface area (Å²) in [5, 5.41) is 17.8. The number of hydrogen-bond acceptors (Lipinski definition) is 2. The predicted octanol–water partition coefficient (Wildman–Crippen LogP) is 0.918. The van der Waals surface area contributed by atoms with Gasteiger partial charge in [0.15, 0.2) is 0 Å². The first-order valence-corrected chi connectivity index (χ1v) is 3.53. The minimum Gasteiger partial charge on any atom is -0.393 e. The summed E-state index contributed by atoms with van der Waals surface area (Å²) in [5.41, 5.74) is 0. The van der Waals surface area contributed by atoms with Crippen molar-refractivity contribution in [1.82, 2.24) is 0 Å². The Morgan fingerprint density at radius 3 is 2.11 bits per heavy atom. The largest absolute Gasteiger partial charge is 0.393 e. The van der Waals surface area contributed by atoms with E-state index in [2.05, 4.69) is 0 Å². The molecular formula is C7H16O2. The fourth-order valence-electron chi connectivity index (χ4n) is 0.638. The highest BCUT2D eigenvalue weighted by Crippen LogP contribution is 2.03. The van der Waals surface area contributed by atoms with E-state index in [1.165, 1.54) is 0 Å². The molecule has 0 aliphatic heterocycles. The van der Waals surface area contributed by atoms with E-state index in [9.17, 15) is 0 Å². The van der Waals surface area contributed by atoms with Crippen LogP contribution in [0.1, 0.15) is 33.1 Å². The molecule has 0 aromatic carbocycles. The van der Waals surface area contributed by atoms with Crippen LogP contribution in [-0.2, 0) is 0 Å². The molecule has 0 rings (SSSR count). The Hall–Kier alpha value is -0.0800. The molecule has 0 aliphatic carbocycles. The Morgan fingerprint density at radius 1 is 1.22 bits per heavy atom. The lowest BCUT2D eigenvalue weighted by Crippen LogP contribution is -2.08. The molecule has 56 valence electrons. The zero-order valence-corrected chi connectivity index (χ0v) is 6.17. The molecule has 0 saturated heterocycles. The molecule has 2 atom stereocenters. The van der Waals surface area contributed by atoms with Crippen LogP contribution in [0, 0.1) is 0 Å². The van der Waals surface area contributed by atoms with Gasteiger partial charge in [-0.1, -0.05) is 6.92 Å². The predicted molar refractivity (Wildman–Crippen MR) is 37.2 cm³/mol. The topological polar surface area (TPSA) is 40.5 Å². The molecule has 2 N–H and O–H groups in total. The quantitative estimate of drug-likeness (QED) is 0.597. The van der Waals surface area contributed by atoms with Gasteiger partial charge in [-0.15, -0.1) is 0 Å². The summed E-state index contributed by atoms with van der Waals surface area (Å²) in [7, 11) is 0. The van der Waals surface area contributed by atoms with Crippen LogP contribution < -0.4 is 0 Å². The van der Waals surface area contributed by atoms with Crippen LogP contribution in [0.5, 0.6) is 0 Å². The van der Waals surface area contributed by atoms with Crippen LogP contribution in [0.4, 0.5) is 0 Å². The number of rotatable bonds is 4. The maximum atomic E-state index is 9.00. The summed E-state index contributed by atoms with van der Waals surface area (Å²) in [5.74, 6) is 0.